The van der Waals surface area contributed by atoms with Crippen molar-refractivity contribution < 1.29 is 9.21 Å². The molecule has 6 heteroatoms. The highest BCUT2D eigenvalue weighted by Gasteiger charge is 2.40. The predicted octanol–water partition coefficient (Wildman–Crippen LogP) is 1.84. The van der Waals surface area contributed by atoms with Gasteiger partial charge in [0, 0.05) is 23.7 Å². The van der Waals surface area contributed by atoms with Crippen LogP contribution in [0.3, 0.4) is 0 Å². The molecular formula is C17H16N4O2. The summed E-state index contributed by atoms with van der Waals surface area (Å²) in [5.41, 5.74) is 1.14. The number of carbonyl (C=O) groups excluding carboxylic acids is 1. The van der Waals surface area contributed by atoms with Gasteiger partial charge in [-0.25, -0.2) is 4.98 Å². The van der Waals surface area contributed by atoms with E-state index in [2.05, 4.69) is 21.7 Å². The van der Waals surface area contributed by atoms with Gasteiger partial charge in [0.2, 0.25) is 0 Å². The van der Waals surface area contributed by atoms with Gasteiger partial charge in [0.25, 0.3) is 5.89 Å². The molecule has 2 aromatic rings. The van der Waals surface area contributed by atoms with Crippen LogP contribution in [0.4, 0.5) is 0 Å². The van der Waals surface area contributed by atoms with E-state index in [9.17, 15) is 4.79 Å². The SMILES string of the molecule is N#Cc1ccccc1-c1cnc(C(=O)N[C@@H]2C[C@H]3CC[C@@H]2N3)o1. The summed E-state index contributed by atoms with van der Waals surface area (Å²) in [5, 5.41) is 15.6. The van der Waals surface area contributed by atoms with E-state index in [0.717, 1.165) is 12.8 Å². The molecule has 0 saturated carbocycles. The number of rotatable bonds is 3. The van der Waals surface area contributed by atoms with Crippen LogP contribution in [0, 0.1) is 11.3 Å². The number of hydrogen-bond acceptors (Lipinski definition) is 5. The topological polar surface area (TPSA) is 91.0 Å². The van der Waals surface area contributed by atoms with Gasteiger partial charge in [0.1, 0.15) is 0 Å². The van der Waals surface area contributed by atoms with Crippen LogP contribution in [0.1, 0.15) is 35.5 Å². The maximum atomic E-state index is 12.3. The lowest BCUT2D eigenvalue weighted by molar-refractivity contribution is 0.0896. The Hall–Kier alpha value is -2.65. The maximum absolute atomic E-state index is 12.3. The lowest BCUT2D eigenvalue weighted by atomic mass is 9.95. The molecule has 2 aliphatic rings. The van der Waals surface area contributed by atoms with E-state index in [1.807, 2.05) is 6.07 Å². The maximum Gasteiger partial charge on any atom is 0.307 e. The standard InChI is InChI=1S/C17H16N4O2/c18-8-10-3-1-2-4-12(10)15-9-19-17(23-15)16(22)21-14-7-11-5-6-13(14)20-11/h1-4,9,11,13-14,20H,5-7H2,(H,21,22)/t11-,13+,14-/m1/s1. The predicted molar refractivity (Wildman–Crippen MR) is 82.5 cm³/mol. The van der Waals surface area contributed by atoms with Crippen LogP contribution in [0.25, 0.3) is 11.3 Å². The number of hydrogen-bond donors (Lipinski definition) is 2. The van der Waals surface area contributed by atoms with Crippen molar-refractivity contribution in [3.63, 3.8) is 0 Å². The van der Waals surface area contributed by atoms with Crippen molar-refractivity contribution in [2.24, 2.45) is 0 Å². The summed E-state index contributed by atoms with van der Waals surface area (Å²) in [7, 11) is 0. The van der Waals surface area contributed by atoms with Gasteiger partial charge in [-0.05, 0) is 31.4 Å². The number of nitrogens with zero attached hydrogens (tertiary/aromatic N) is 2. The molecule has 3 heterocycles. The summed E-state index contributed by atoms with van der Waals surface area (Å²) in [6.45, 7) is 0. The van der Waals surface area contributed by atoms with Crippen LogP contribution >= 0.6 is 0 Å². The molecule has 0 aliphatic carbocycles. The fourth-order valence-electron chi connectivity index (χ4n) is 3.51. The molecule has 2 aliphatic heterocycles. The molecule has 2 fully saturated rings. The number of aromatic nitrogens is 1. The second kappa shape index (κ2) is 5.52. The lowest BCUT2D eigenvalue weighted by Gasteiger charge is -2.20. The van der Waals surface area contributed by atoms with Gasteiger partial charge in [-0.15, -0.1) is 0 Å². The van der Waals surface area contributed by atoms with E-state index in [1.165, 1.54) is 12.6 Å². The van der Waals surface area contributed by atoms with Gasteiger partial charge in [0.15, 0.2) is 5.76 Å². The van der Waals surface area contributed by atoms with Gasteiger partial charge in [-0.1, -0.05) is 12.1 Å². The Kier molecular flexibility index (Phi) is 3.36. The van der Waals surface area contributed by atoms with Gasteiger partial charge >= 0.3 is 5.91 Å². The van der Waals surface area contributed by atoms with E-state index < -0.39 is 0 Å². The number of fused-ring (bicyclic) bond motifs is 2. The lowest BCUT2D eigenvalue weighted by Crippen LogP contribution is -2.43. The first-order valence-corrected chi connectivity index (χ1v) is 7.77. The zero-order valence-corrected chi connectivity index (χ0v) is 12.5. The van der Waals surface area contributed by atoms with Crippen LogP contribution in [-0.4, -0.2) is 29.0 Å². The molecule has 0 unspecified atom stereocenters. The van der Waals surface area contributed by atoms with E-state index in [0.29, 0.717) is 29.0 Å². The highest BCUT2D eigenvalue weighted by Crippen LogP contribution is 2.29. The number of amides is 1. The molecule has 1 aromatic carbocycles. The molecule has 23 heavy (non-hydrogen) atoms. The first kappa shape index (κ1) is 14.0. The molecule has 3 atom stereocenters. The average Bonchev–Trinajstić information content (AvgIpc) is 3.31. The van der Waals surface area contributed by atoms with E-state index >= 15 is 0 Å². The van der Waals surface area contributed by atoms with Gasteiger partial charge < -0.3 is 15.1 Å². The van der Waals surface area contributed by atoms with Crippen molar-refractivity contribution in [1.82, 2.24) is 15.6 Å². The van der Waals surface area contributed by atoms with E-state index in [1.54, 1.807) is 18.2 Å². The quantitative estimate of drug-likeness (QED) is 0.902. The van der Waals surface area contributed by atoms with Crippen molar-refractivity contribution >= 4 is 5.91 Å². The normalized spacial score (nSPS) is 25.3. The molecule has 6 nitrogen and oxygen atoms in total. The third-order valence-electron chi connectivity index (χ3n) is 4.63. The molecular weight excluding hydrogens is 292 g/mol. The second-order valence-electron chi connectivity index (χ2n) is 6.05. The number of nitriles is 1. The van der Waals surface area contributed by atoms with Gasteiger partial charge in [-0.3, -0.25) is 4.79 Å². The third kappa shape index (κ3) is 2.49. The van der Waals surface area contributed by atoms with Gasteiger partial charge in [0.05, 0.1) is 17.8 Å². The smallest absolute Gasteiger partial charge is 0.307 e. The first-order chi connectivity index (χ1) is 11.2. The van der Waals surface area contributed by atoms with E-state index in [-0.39, 0.29) is 17.8 Å². The molecule has 116 valence electrons. The van der Waals surface area contributed by atoms with Crippen molar-refractivity contribution in [3.8, 4) is 17.4 Å². The Morgan fingerprint density at radius 3 is 3.00 bits per heavy atom. The molecule has 1 amide bonds. The van der Waals surface area contributed by atoms with Crippen LogP contribution in [0.15, 0.2) is 34.9 Å². The fraction of sp³-hybridized carbons (Fsp3) is 0.353. The minimum atomic E-state index is -0.301. The molecule has 0 spiro atoms. The van der Waals surface area contributed by atoms with Gasteiger partial charge in [-0.2, -0.15) is 5.26 Å². The zero-order chi connectivity index (χ0) is 15.8. The minimum absolute atomic E-state index is 0.0375. The summed E-state index contributed by atoms with van der Waals surface area (Å²) in [6.07, 6.45) is 4.73. The molecule has 1 aromatic heterocycles. The molecule has 2 saturated heterocycles. The minimum Gasteiger partial charge on any atom is -0.432 e. The Balaban J connectivity index is 1.51. The summed E-state index contributed by atoms with van der Waals surface area (Å²) >= 11 is 0. The summed E-state index contributed by atoms with van der Waals surface area (Å²) < 4.78 is 5.57. The van der Waals surface area contributed by atoms with Crippen LogP contribution in [0.2, 0.25) is 0 Å². The highest BCUT2D eigenvalue weighted by molar-refractivity contribution is 5.90. The third-order valence-corrected chi connectivity index (χ3v) is 4.63. The van der Waals surface area contributed by atoms with Crippen molar-refractivity contribution in [1.29, 1.82) is 5.26 Å². The number of nitrogens with one attached hydrogen (secondary N) is 2. The Morgan fingerprint density at radius 2 is 2.26 bits per heavy atom. The summed E-state index contributed by atoms with van der Waals surface area (Å²) in [4.78, 5) is 16.4. The zero-order valence-electron chi connectivity index (χ0n) is 12.5. The Morgan fingerprint density at radius 1 is 1.39 bits per heavy atom. The Labute approximate surface area is 133 Å². The summed E-state index contributed by atoms with van der Waals surface area (Å²) in [5.74, 6) is 0.166. The monoisotopic (exact) mass is 308 g/mol. The largest absolute Gasteiger partial charge is 0.432 e. The van der Waals surface area contributed by atoms with Crippen LogP contribution in [-0.2, 0) is 0 Å². The van der Waals surface area contributed by atoms with Crippen LogP contribution in [0.5, 0.6) is 0 Å². The van der Waals surface area contributed by atoms with Crippen molar-refractivity contribution in [3.05, 3.63) is 41.9 Å². The molecule has 0 radical (unpaired) electrons. The number of benzene rings is 1. The number of oxazole rings is 1. The summed E-state index contributed by atoms with van der Waals surface area (Å²) in [6, 6.07) is 10.2. The molecule has 2 bridgehead atoms. The van der Waals surface area contributed by atoms with E-state index in [4.69, 9.17) is 9.68 Å². The van der Waals surface area contributed by atoms with Crippen LogP contribution < -0.4 is 10.6 Å². The number of carbonyl (C=O) groups is 1. The average molecular weight is 308 g/mol. The van der Waals surface area contributed by atoms with Crippen molar-refractivity contribution in [2.45, 2.75) is 37.4 Å². The first-order valence-electron chi connectivity index (χ1n) is 7.77. The van der Waals surface area contributed by atoms with Crippen molar-refractivity contribution in [2.75, 3.05) is 0 Å². The molecule has 2 N–H and O–H groups in total. The Bertz CT molecular complexity index is 792. The molecule has 4 rings (SSSR count). The fourth-order valence-corrected chi connectivity index (χ4v) is 3.51. The second-order valence-corrected chi connectivity index (χ2v) is 6.05. The highest BCUT2D eigenvalue weighted by atomic mass is 16.4.